The molecule has 0 aliphatic heterocycles. The summed E-state index contributed by atoms with van der Waals surface area (Å²) in [7, 11) is 0. The third kappa shape index (κ3) is 4.03. The van der Waals surface area contributed by atoms with E-state index in [0.717, 1.165) is 5.75 Å². The lowest BCUT2D eigenvalue weighted by atomic mass is 10.3. The van der Waals surface area contributed by atoms with Crippen LogP contribution in [0.25, 0.3) is 0 Å². The Bertz CT molecular complexity index is 606. The number of hydrogen-bond donors (Lipinski definition) is 2. The fraction of sp³-hybridized carbons (Fsp3) is 0.231. The first-order valence-electron chi connectivity index (χ1n) is 6.35. The summed E-state index contributed by atoms with van der Waals surface area (Å²) in [6.07, 6.45) is 1.85. The van der Waals surface area contributed by atoms with Gasteiger partial charge in [-0.1, -0.05) is 18.2 Å². The molecule has 1 aromatic carbocycles. The van der Waals surface area contributed by atoms with Gasteiger partial charge < -0.3 is 15.8 Å². The van der Waals surface area contributed by atoms with Gasteiger partial charge in [-0.05, 0) is 18.6 Å². The molecule has 0 saturated heterocycles. The SMILES string of the molecule is Nc1ncnc(NCCCOc2ccccc2)c1[N+](=O)[O-]. The molecule has 8 heteroatoms. The first-order valence-corrected chi connectivity index (χ1v) is 6.35. The van der Waals surface area contributed by atoms with E-state index in [2.05, 4.69) is 15.3 Å². The molecule has 8 nitrogen and oxygen atoms in total. The van der Waals surface area contributed by atoms with Crippen LogP contribution in [-0.4, -0.2) is 28.0 Å². The van der Waals surface area contributed by atoms with Crippen LogP contribution in [0.2, 0.25) is 0 Å². The van der Waals surface area contributed by atoms with Gasteiger partial charge >= 0.3 is 5.69 Å². The van der Waals surface area contributed by atoms with Crippen molar-refractivity contribution < 1.29 is 9.66 Å². The minimum Gasteiger partial charge on any atom is -0.494 e. The van der Waals surface area contributed by atoms with Crippen molar-refractivity contribution in [3.8, 4) is 5.75 Å². The summed E-state index contributed by atoms with van der Waals surface area (Å²) in [6.45, 7) is 0.968. The number of para-hydroxylation sites is 1. The summed E-state index contributed by atoms with van der Waals surface area (Å²) in [5.74, 6) is 0.750. The summed E-state index contributed by atoms with van der Waals surface area (Å²) in [6, 6.07) is 9.42. The third-order valence-electron chi connectivity index (χ3n) is 2.66. The minimum atomic E-state index is -0.599. The van der Waals surface area contributed by atoms with Crippen LogP contribution in [0, 0.1) is 10.1 Å². The van der Waals surface area contributed by atoms with Gasteiger partial charge in [0.1, 0.15) is 12.1 Å². The fourth-order valence-corrected chi connectivity index (χ4v) is 1.69. The molecule has 21 heavy (non-hydrogen) atoms. The van der Waals surface area contributed by atoms with E-state index in [1.807, 2.05) is 30.3 Å². The number of hydrogen-bond acceptors (Lipinski definition) is 7. The molecule has 3 N–H and O–H groups in total. The lowest BCUT2D eigenvalue weighted by Crippen LogP contribution is -2.11. The fourth-order valence-electron chi connectivity index (χ4n) is 1.69. The number of nitrogens with one attached hydrogen (secondary N) is 1. The molecule has 0 radical (unpaired) electrons. The second-order valence-corrected chi connectivity index (χ2v) is 4.16. The highest BCUT2D eigenvalue weighted by molar-refractivity contribution is 5.67. The highest BCUT2D eigenvalue weighted by Gasteiger charge is 2.20. The van der Waals surface area contributed by atoms with Gasteiger partial charge in [-0.25, -0.2) is 9.97 Å². The van der Waals surface area contributed by atoms with Crippen molar-refractivity contribution in [3.63, 3.8) is 0 Å². The lowest BCUT2D eigenvalue weighted by molar-refractivity contribution is -0.383. The average Bonchev–Trinajstić information content (AvgIpc) is 2.47. The van der Waals surface area contributed by atoms with Gasteiger partial charge in [0, 0.05) is 6.54 Å². The van der Waals surface area contributed by atoms with Gasteiger partial charge in [-0.2, -0.15) is 0 Å². The first-order chi connectivity index (χ1) is 10.2. The van der Waals surface area contributed by atoms with Gasteiger partial charge in [-0.3, -0.25) is 10.1 Å². The van der Waals surface area contributed by atoms with Crippen molar-refractivity contribution in [3.05, 3.63) is 46.8 Å². The summed E-state index contributed by atoms with van der Waals surface area (Å²) < 4.78 is 5.51. The quantitative estimate of drug-likeness (QED) is 0.454. The Morgan fingerprint density at radius 2 is 2.05 bits per heavy atom. The second kappa shape index (κ2) is 7.04. The van der Waals surface area contributed by atoms with E-state index in [9.17, 15) is 10.1 Å². The molecule has 0 fully saturated rings. The van der Waals surface area contributed by atoms with E-state index < -0.39 is 4.92 Å². The van der Waals surface area contributed by atoms with Gasteiger partial charge in [0.2, 0.25) is 11.6 Å². The predicted octanol–water partition coefficient (Wildman–Crippen LogP) is 1.85. The van der Waals surface area contributed by atoms with Crippen LogP contribution in [0.3, 0.4) is 0 Å². The summed E-state index contributed by atoms with van der Waals surface area (Å²) in [5, 5.41) is 13.8. The Balaban J connectivity index is 1.81. The number of rotatable bonds is 7. The number of benzene rings is 1. The molecule has 1 aromatic heterocycles. The minimum absolute atomic E-state index is 0.118. The molecule has 0 aliphatic carbocycles. The van der Waals surface area contributed by atoms with Crippen LogP contribution in [0.5, 0.6) is 5.75 Å². The highest BCUT2D eigenvalue weighted by Crippen LogP contribution is 2.25. The first kappa shape index (κ1) is 14.5. The molecule has 0 unspecified atom stereocenters. The van der Waals surface area contributed by atoms with Crippen molar-refractivity contribution in [1.82, 2.24) is 9.97 Å². The zero-order valence-corrected chi connectivity index (χ0v) is 11.2. The topological polar surface area (TPSA) is 116 Å². The van der Waals surface area contributed by atoms with Gasteiger partial charge in [0.05, 0.1) is 11.5 Å². The van der Waals surface area contributed by atoms with E-state index in [1.165, 1.54) is 6.33 Å². The van der Waals surface area contributed by atoms with Crippen LogP contribution in [-0.2, 0) is 0 Å². The second-order valence-electron chi connectivity index (χ2n) is 4.16. The van der Waals surface area contributed by atoms with Crippen LogP contribution in [0.4, 0.5) is 17.3 Å². The Labute approximate surface area is 121 Å². The van der Waals surface area contributed by atoms with Crippen molar-refractivity contribution in [2.24, 2.45) is 0 Å². The van der Waals surface area contributed by atoms with E-state index in [0.29, 0.717) is 19.6 Å². The Morgan fingerprint density at radius 1 is 1.29 bits per heavy atom. The van der Waals surface area contributed by atoms with Crippen LogP contribution in [0.1, 0.15) is 6.42 Å². The molecule has 0 amide bonds. The van der Waals surface area contributed by atoms with E-state index in [4.69, 9.17) is 10.5 Å². The number of ether oxygens (including phenoxy) is 1. The maximum absolute atomic E-state index is 10.9. The smallest absolute Gasteiger partial charge is 0.352 e. The lowest BCUT2D eigenvalue weighted by Gasteiger charge is -2.08. The monoisotopic (exact) mass is 289 g/mol. The molecular weight excluding hydrogens is 274 g/mol. The highest BCUT2D eigenvalue weighted by atomic mass is 16.6. The maximum atomic E-state index is 10.9. The molecule has 0 bridgehead atoms. The molecule has 110 valence electrons. The van der Waals surface area contributed by atoms with Crippen LogP contribution < -0.4 is 15.8 Å². The number of aromatic nitrogens is 2. The van der Waals surface area contributed by atoms with Gasteiger partial charge in [0.15, 0.2) is 0 Å². The molecule has 2 aromatic rings. The van der Waals surface area contributed by atoms with E-state index in [-0.39, 0.29) is 17.3 Å². The number of nitro groups is 1. The van der Waals surface area contributed by atoms with Gasteiger partial charge in [-0.15, -0.1) is 0 Å². The normalized spacial score (nSPS) is 10.1. The predicted molar refractivity (Wildman–Crippen MR) is 78.1 cm³/mol. The number of nitrogens with two attached hydrogens (primary N) is 1. The third-order valence-corrected chi connectivity index (χ3v) is 2.66. The average molecular weight is 289 g/mol. The zero-order chi connectivity index (χ0) is 15.1. The molecule has 1 heterocycles. The number of anilines is 2. The van der Waals surface area contributed by atoms with Gasteiger partial charge in [0.25, 0.3) is 0 Å². The summed E-state index contributed by atoms with van der Waals surface area (Å²) in [4.78, 5) is 17.7. The Kier molecular flexibility index (Phi) is 4.86. The molecule has 0 aliphatic rings. The van der Waals surface area contributed by atoms with Crippen molar-refractivity contribution in [2.75, 3.05) is 24.2 Å². The standard InChI is InChI=1S/C13H15N5O3/c14-12-11(18(19)20)13(17-9-16-12)15-7-4-8-21-10-5-2-1-3-6-10/h1-3,5-6,9H,4,7-8H2,(H3,14,15,16,17). The van der Waals surface area contributed by atoms with Crippen molar-refractivity contribution in [2.45, 2.75) is 6.42 Å². The Morgan fingerprint density at radius 3 is 2.76 bits per heavy atom. The molecular formula is C13H15N5O3. The van der Waals surface area contributed by atoms with E-state index in [1.54, 1.807) is 0 Å². The maximum Gasteiger partial charge on any atom is 0.352 e. The molecule has 0 saturated carbocycles. The molecule has 2 rings (SSSR count). The molecule has 0 spiro atoms. The van der Waals surface area contributed by atoms with Crippen LogP contribution >= 0.6 is 0 Å². The number of nitrogen functional groups attached to an aromatic ring is 1. The van der Waals surface area contributed by atoms with Crippen LogP contribution in [0.15, 0.2) is 36.7 Å². The number of nitrogens with zero attached hydrogens (tertiary/aromatic N) is 3. The summed E-state index contributed by atoms with van der Waals surface area (Å²) in [5.41, 5.74) is 5.17. The van der Waals surface area contributed by atoms with E-state index >= 15 is 0 Å². The van der Waals surface area contributed by atoms with Crippen molar-refractivity contribution in [1.29, 1.82) is 0 Å². The Hall–Kier alpha value is -2.90. The largest absolute Gasteiger partial charge is 0.494 e. The van der Waals surface area contributed by atoms with Crippen molar-refractivity contribution >= 4 is 17.3 Å². The zero-order valence-electron chi connectivity index (χ0n) is 11.2. The summed E-state index contributed by atoms with van der Waals surface area (Å²) >= 11 is 0. The molecule has 0 atom stereocenters.